The van der Waals surface area contributed by atoms with Crippen molar-refractivity contribution >= 4 is 5.91 Å². The van der Waals surface area contributed by atoms with Gasteiger partial charge in [0.15, 0.2) is 0 Å². The van der Waals surface area contributed by atoms with Gasteiger partial charge in [-0.25, -0.2) is 4.98 Å². The number of carbonyl (C=O) groups is 1. The Morgan fingerprint density at radius 3 is 2.34 bits per heavy atom. The van der Waals surface area contributed by atoms with Crippen LogP contribution in [-0.4, -0.2) is 22.0 Å². The van der Waals surface area contributed by atoms with Crippen molar-refractivity contribution in [1.29, 1.82) is 0 Å². The van der Waals surface area contributed by atoms with Crippen LogP contribution in [0.5, 0.6) is 0 Å². The van der Waals surface area contributed by atoms with Crippen molar-refractivity contribution in [3.63, 3.8) is 0 Å². The molecule has 0 aliphatic rings. The van der Waals surface area contributed by atoms with E-state index < -0.39 is 17.3 Å². The van der Waals surface area contributed by atoms with Gasteiger partial charge in [0.05, 0.1) is 17.6 Å². The van der Waals surface area contributed by atoms with Crippen molar-refractivity contribution in [2.75, 3.05) is 6.54 Å². The number of aromatic nitrogens is 2. The molecule has 3 aromatic rings. The molecule has 0 atom stereocenters. The monoisotopic (exact) mass is 401 g/mol. The van der Waals surface area contributed by atoms with Gasteiger partial charge in [0.25, 0.3) is 5.56 Å². The summed E-state index contributed by atoms with van der Waals surface area (Å²) in [7, 11) is 0. The van der Waals surface area contributed by atoms with Crippen LogP contribution in [-0.2, 0) is 23.9 Å². The molecule has 5 nitrogen and oxygen atoms in total. The molecule has 2 aromatic carbocycles. The maximum Gasteiger partial charge on any atom is 0.416 e. The van der Waals surface area contributed by atoms with Crippen molar-refractivity contribution in [3.05, 3.63) is 88.5 Å². The first kappa shape index (κ1) is 20.3. The molecule has 0 radical (unpaired) electrons. The Balaban J connectivity index is 1.60. The largest absolute Gasteiger partial charge is 0.416 e. The summed E-state index contributed by atoms with van der Waals surface area (Å²) in [5.41, 5.74) is 0.474. The van der Waals surface area contributed by atoms with E-state index in [2.05, 4.69) is 10.3 Å². The summed E-state index contributed by atoms with van der Waals surface area (Å²) < 4.78 is 39.1. The normalized spacial score (nSPS) is 11.3. The molecule has 0 fully saturated rings. The summed E-state index contributed by atoms with van der Waals surface area (Å²) in [5, 5.41) is 2.74. The minimum atomic E-state index is -4.43. The van der Waals surface area contributed by atoms with Gasteiger partial charge in [0.2, 0.25) is 5.91 Å². The second-order valence-electron chi connectivity index (χ2n) is 6.40. The first-order valence-electron chi connectivity index (χ1n) is 8.88. The smallest absolute Gasteiger partial charge is 0.354 e. The maximum atomic E-state index is 12.6. The highest BCUT2D eigenvalue weighted by molar-refractivity contribution is 5.75. The zero-order chi connectivity index (χ0) is 20.9. The highest BCUT2D eigenvalue weighted by atomic mass is 19.4. The Hall–Kier alpha value is -3.42. The third-order valence-electron chi connectivity index (χ3n) is 4.28. The van der Waals surface area contributed by atoms with Crippen LogP contribution >= 0.6 is 0 Å². The Morgan fingerprint density at radius 2 is 1.72 bits per heavy atom. The van der Waals surface area contributed by atoms with E-state index in [0.717, 1.165) is 22.3 Å². The van der Waals surface area contributed by atoms with E-state index >= 15 is 0 Å². The minimum Gasteiger partial charge on any atom is -0.354 e. The lowest BCUT2D eigenvalue weighted by Gasteiger charge is -2.09. The van der Waals surface area contributed by atoms with Crippen molar-refractivity contribution < 1.29 is 18.0 Å². The van der Waals surface area contributed by atoms with E-state index in [9.17, 15) is 22.8 Å². The lowest BCUT2D eigenvalue weighted by atomic mass is 10.1. The number of hydrogen-bond donors (Lipinski definition) is 1. The number of hydrogen-bond acceptors (Lipinski definition) is 3. The number of carbonyl (C=O) groups excluding carboxylic acids is 1. The molecule has 0 unspecified atom stereocenters. The molecule has 0 bridgehead atoms. The summed E-state index contributed by atoms with van der Waals surface area (Å²) in [5.74, 6) is -0.327. The molecule has 1 N–H and O–H groups in total. The molecule has 0 saturated heterocycles. The fourth-order valence-corrected chi connectivity index (χ4v) is 2.73. The van der Waals surface area contributed by atoms with E-state index in [-0.39, 0.29) is 18.1 Å². The quantitative estimate of drug-likeness (QED) is 0.690. The molecule has 3 rings (SSSR count). The minimum absolute atomic E-state index is 0.187. The second kappa shape index (κ2) is 8.72. The van der Waals surface area contributed by atoms with Crippen LogP contribution in [0.4, 0.5) is 13.2 Å². The third-order valence-corrected chi connectivity index (χ3v) is 4.28. The number of nitrogens with one attached hydrogen (secondary N) is 1. The molecule has 8 heteroatoms. The van der Waals surface area contributed by atoms with Crippen LogP contribution in [0.1, 0.15) is 11.1 Å². The predicted octanol–water partition coefficient (Wildman–Crippen LogP) is 3.29. The SMILES string of the molecule is O=C(Cn1cnc(-c2ccc(C(F)(F)F)cc2)cc1=O)NCCc1ccccc1. The summed E-state index contributed by atoms with van der Waals surface area (Å²) in [6.07, 6.45) is -2.54. The Kier molecular flexibility index (Phi) is 6.11. The van der Waals surface area contributed by atoms with Crippen molar-refractivity contribution in [2.24, 2.45) is 0 Å². The third kappa shape index (κ3) is 5.54. The van der Waals surface area contributed by atoms with Crippen LogP contribution in [0.25, 0.3) is 11.3 Å². The predicted molar refractivity (Wildman–Crippen MR) is 102 cm³/mol. The van der Waals surface area contributed by atoms with Crippen LogP contribution in [0.2, 0.25) is 0 Å². The van der Waals surface area contributed by atoms with Crippen LogP contribution < -0.4 is 10.9 Å². The van der Waals surface area contributed by atoms with E-state index in [1.165, 1.54) is 24.5 Å². The molecular weight excluding hydrogens is 383 g/mol. The summed E-state index contributed by atoms with van der Waals surface area (Å²) in [6, 6.07) is 15.2. The van der Waals surface area contributed by atoms with Crippen molar-refractivity contribution in [2.45, 2.75) is 19.1 Å². The van der Waals surface area contributed by atoms with Gasteiger partial charge < -0.3 is 5.32 Å². The van der Waals surface area contributed by atoms with Gasteiger partial charge in [-0.15, -0.1) is 0 Å². The summed E-state index contributed by atoms with van der Waals surface area (Å²) in [6.45, 7) is 0.253. The fraction of sp³-hybridized carbons (Fsp3) is 0.190. The Labute approximate surface area is 164 Å². The van der Waals surface area contributed by atoms with Crippen LogP contribution in [0, 0.1) is 0 Å². The van der Waals surface area contributed by atoms with Crippen molar-refractivity contribution in [1.82, 2.24) is 14.9 Å². The summed E-state index contributed by atoms with van der Waals surface area (Å²) >= 11 is 0. The molecule has 1 aromatic heterocycles. The Morgan fingerprint density at radius 1 is 1.03 bits per heavy atom. The highest BCUT2D eigenvalue weighted by Gasteiger charge is 2.30. The van der Waals surface area contributed by atoms with Crippen molar-refractivity contribution in [3.8, 4) is 11.3 Å². The van der Waals surface area contributed by atoms with E-state index in [1.54, 1.807) is 0 Å². The van der Waals surface area contributed by atoms with E-state index in [0.29, 0.717) is 18.5 Å². The van der Waals surface area contributed by atoms with Gasteiger partial charge in [0, 0.05) is 18.2 Å². The molecule has 1 heterocycles. The molecule has 1 amide bonds. The maximum absolute atomic E-state index is 12.6. The number of nitrogens with zero attached hydrogens (tertiary/aromatic N) is 2. The second-order valence-corrected chi connectivity index (χ2v) is 6.40. The highest BCUT2D eigenvalue weighted by Crippen LogP contribution is 2.30. The molecule has 150 valence electrons. The Bertz CT molecular complexity index is 1030. The topological polar surface area (TPSA) is 64.0 Å². The molecule has 0 saturated carbocycles. The van der Waals surface area contributed by atoms with Gasteiger partial charge in [0.1, 0.15) is 6.54 Å². The number of benzene rings is 2. The van der Waals surface area contributed by atoms with E-state index in [1.807, 2.05) is 30.3 Å². The number of halogens is 3. The van der Waals surface area contributed by atoms with Gasteiger partial charge in [-0.3, -0.25) is 14.2 Å². The summed E-state index contributed by atoms with van der Waals surface area (Å²) in [4.78, 5) is 28.4. The molecule has 0 aliphatic heterocycles. The molecular formula is C21H18F3N3O2. The lowest BCUT2D eigenvalue weighted by molar-refractivity contribution is -0.137. The molecule has 0 spiro atoms. The van der Waals surface area contributed by atoms with Gasteiger partial charge in [-0.05, 0) is 24.1 Å². The number of rotatable bonds is 6. The average Bonchev–Trinajstić information content (AvgIpc) is 2.70. The standard InChI is InChI=1S/C21H18F3N3O2/c22-21(23,24)17-8-6-16(7-9-17)18-12-20(29)27(14-26-18)13-19(28)25-11-10-15-4-2-1-3-5-15/h1-9,12,14H,10-11,13H2,(H,25,28). The number of alkyl halides is 3. The first-order valence-corrected chi connectivity index (χ1v) is 8.88. The van der Waals surface area contributed by atoms with Crippen LogP contribution in [0.15, 0.2) is 71.8 Å². The zero-order valence-corrected chi connectivity index (χ0v) is 15.3. The van der Waals surface area contributed by atoms with Gasteiger partial charge in [-0.1, -0.05) is 42.5 Å². The van der Waals surface area contributed by atoms with Gasteiger partial charge in [-0.2, -0.15) is 13.2 Å². The average molecular weight is 401 g/mol. The first-order chi connectivity index (χ1) is 13.8. The fourth-order valence-electron chi connectivity index (χ4n) is 2.73. The lowest BCUT2D eigenvalue weighted by Crippen LogP contribution is -2.33. The molecule has 0 aliphatic carbocycles. The van der Waals surface area contributed by atoms with Crippen LogP contribution in [0.3, 0.4) is 0 Å². The zero-order valence-electron chi connectivity index (χ0n) is 15.3. The number of amides is 1. The van der Waals surface area contributed by atoms with E-state index in [4.69, 9.17) is 0 Å². The van der Waals surface area contributed by atoms with Gasteiger partial charge >= 0.3 is 6.18 Å². The molecule has 29 heavy (non-hydrogen) atoms.